The summed E-state index contributed by atoms with van der Waals surface area (Å²) in [7, 11) is 1.80. The lowest BCUT2D eigenvalue weighted by Gasteiger charge is -2.12. The minimum Gasteiger partial charge on any atom is -0.405 e. The molecule has 0 aliphatic carbocycles. The molecule has 0 saturated heterocycles. The molecule has 3 rings (SSSR count). The van der Waals surface area contributed by atoms with E-state index in [2.05, 4.69) is 25.6 Å². The number of ether oxygens (including phenoxy) is 1. The minimum absolute atomic E-state index is 0.0391. The van der Waals surface area contributed by atoms with Gasteiger partial charge in [0.25, 0.3) is 5.91 Å². The van der Waals surface area contributed by atoms with Crippen LogP contribution in [0.15, 0.2) is 54.6 Å². The number of H-pyrrole nitrogens is 1. The summed E-state index contributed by atoms with van der Waals surface area (Å²) in [6.07, 6.45) is -4.88. The molecule has 1 heterocycles. The number of anilines is 1. The third kappa shape index (κ3) is 4.61. The van der Waals surface area contributed by atoms with Crippen molar-refractivity contribution in [2.24, 2.45) is 0 Å². The molecule has 0 unspecified atom stereocenters. The Morgan fingerprint density at radius 3 is 2.61 bits per heavy atom. The smallest absolute Gasteiger partial charge is 0.405 e. The van der Waals surface area contributed by atoms with Gasteiger partial charge in [-0.25, -0.2) is 0 Å². The van der Waals surface area contributed by atoms with Crippen molar-refractivity contribution in [1.29, 1.82) is 0 Å². The number of carbonyl (C=O) groups is 1. The van der Waals surface area contributed by atoms with Crippen LogP contribution in [0.5, 0.6) is 5.75 Å². The van der Waals surface area contributed by atoms with Crippen molar-refractivity contribution in [1.82, 2.24) is 15.5 Å². The van der Waals surface area contributed by atoms with Crippen molar-refractivity contribution in [2.45, 2.75) is 12.9 Å². The van der Waals surface area contributed by atoms with Crippen molar-refractivity contribution in [3.63, 3.8) is 0 Å². The average molecular weight is 390 g/mol. The number of alkyl halides is 3. The van der Waals surface area contributed by atoms with E-state index in [9.17, 15) is 18.0 Å². The third-order valence-corrected chi connectivity index (χ3v) is 3.90. The maximum absolute atomic E-state index is 12.5. The molecule has 3 N–H and O–H groups in total. The number of hydrogen-bond donors (Lipinski definition) is 3. The van der Waals surface area contributed by atoms with E-state index in [1.807, 2.05) is 24.3 Å². The standard InChI is InChI=1S/C19H17F3N4O2/c1-23-15-8-4-2-6-13(15)16-10-12(25-26-16)11-24-18(27)14-7-3-5-9-17(14)28-19(20,21)22/h2-10,23H,11H2,1H3,(H,24,27)(H,25,26). The maximum Gasteiger partial charge on any atom is 0.573 e. The first kappa shape index (κ1) is 19.3. The molecule has 9 heteroatoms. The van der Waals surface area contributed by atoms with Crippen LogP contribution in [-0.4, -0.2) is 29.5 Å². The van der Waals surface area contributed by atoms with Crippen LogP contribution >= 0.6 is 0 Å². The van der Waals surface area contributed by atoms with E-state index in [1.54, 1.807) is 13.1 Å². The van der Waals surface area contributed by atoms with E-state index in [4.69, 9.17) is 0 Å². The van der Waals surface area contributed by atoms with Crippen LogP contribution in [0.2, 0.25) is 0 Å². The highest BCUT2D eigenvalue weighted by Gasteiger charge is 2.32. The number of aromatic amines is 1. The molecule has 0 bridgehead atoms. The molecule has 146 valence electrons. The quantitative estimate of drug-likeness (QED) is 0.596. The molecule has 0 radical (unpaired) electrons. The van der Waals surface area contributed by atoms with Crippen LogP contribution in [0.3, 0.4) is 0 Å². The molecule has 0 aliphatic heterocycles. The van der Waals surface area contributed by atoms with Gasteiger partial charge in [-0.3, -0.25) is 9.89 Å². The van der Waals surface area contributed by atoms with Gasteiger partial charge in [0.2, 0.25) is 0 Å². The molecule has 0 saturated carbocycles. The summed E-state index contributed by atoms with van der Waals surface area (Å²) >= 11 is 0. The molecule has 0 spiro atoms. The van der Waals surface area contributed by atoms with Crippen LogP contribution in [-0.2, 0) is 6.54 Å². The van der Waals surface area contributed by atoms with E-state index in [0.29, 0.717) is 5.69 Å². The lowest BCUT2D eigenvalue weighted by molar-refractivity contribution is -0.274. The number of rotatable bonds is 6. The Hall–Kier alpha value is -3.49. The Kier molecular flexibility index (Phi) is 5.53. The Morgan fingerprint density at radius 1 is 1.14 bits per heavy atom. The molecule has 0 aliphatic rings. The van der Waals surface area contributed by atoms with E-state index in [0.717, 1.165) is 23.0 Å². The van der Waals surface area contributed by atoms with E-state index in [-0.39, 0.29) is 12.1 Å². The first-order valence-electron chi connectivity index (χ1n) is 8.32. The first-order valence-corrected chi connectivity index (χ1v) is 8.32. The first-order chi connectivity index (χ1) is 13.4. The Balaban J connectivity index is 1.70. The van der Waals surface area contributed by atoms with Gasteiger partial charge in [0.05, 0.1) is 23.5 Å². The van der Waals surface area contributed by atoms with Crippen molar-refractivity contribution >= 4 is 11.6 Å². The number of nitrogens with zero attached hydrogens (tertiary/aromatic N) is 1. The van der Waals surface area contributed by atoms with Crippen molar-refractivity contribution in [2.75, 3.05) is 12.4 Å². The molecule has 2 aromatic carbocycles. The number of aromatic nitrogens is 2. The summed E-state index contributed by atoms with van der Waals surface area (Å²) in [6, 6.07) is 14.5. The zero-order valence-electron chi connectivity index (χ0n) is 14.8. The highest BCUT2D eigenvalue weighted by atomic mass is 19.4. The van der Waals surface area contributed by atoms with Gasteiger partial charge in [-0.2, -0.15) is 5.10 Å². The third-order valence-electron chi connectivity index (χ3n) is 3.90. The minimum atomic E-state index is -4.88. The molecule has 28 heavy (non-hydrogen) atoms. The Bertz CT molecular complexity index is 970. The summed E-state index contributed by atoms with van der Waals surface area (Å²) in [5, 5.41) is 12.7. The largest absolute Gasteiger partial charge is 0.573 e. The second-order valence-electron chi connectivity index (χ2n) is 5.80. The fourth-order valence-corrected chi connectivity index (χ4v) is 2.66. The lowest BCUT2D eigenvalue weighted by atomic mass is 10.1. The second kappa shape index (κ2) is 8.03. The van der Waals surface area contributed by atoms with Crippen LogP contribution in [0.1, 0.15) is 16.1 Å². The highest BCUT2D eigenvalue weighted by molar-refractivity contribution is 5.96. The number of amides is 1. The highest BCUT2D eigenvalue weighted by Crippen LogP contribution is 2.27. The summed E-state index contributed by atoms with van der Waals surface area (Å²) in [4.78, 5) is 12.3. The number of benzene rings is 2. The molecule has 3 aromatic rings. The molecular weight excluding hydrogens is 373 g/mol. The van der Waals surface area contributed by atoms with Crippen molar-refractivity contribution < 1.29 is 22.7 Å². The van der Waals surface area contributed by atoms with Gasteiger partial charge in [0.15, 0.2) is 0 Å². The molecule has 0 fully saturated rings. The maximum atomic E-state index is 12.5. The molecule has 1 amide bonds. The summed E-state index contributed by atoms with van der Waals surface area (Å²) in [6.45, 7) is 0.0391. The van der Waals surface area contributed by atoms with Gasteiger partial charge in [0, 0.05) is 18.3 Å². The fraction of sp³-hybridized carbons (Fsp3) is 0.158. The Labute approximate surface area is 158 Å². The summed E-state index contributed by atoms with van der Waals surface area (Å²) < 4.78 is 41.4. The van der Waals surface area contributed by atoms with Crippen LogP contribution in [0, 0.1) is 0 Å². The van der Waals surface area contributed by atoms with Gasteiger partial charge < -0.3 is 15.4 Å². The number of para-hydroxylation sites is 2. The summed E-state index contributed by atoms with van der Waals surface area (Å²) in [5.41, 5.74) is 2.87. The predicted molar refractivity (Wildman–Crippen MR) is 97.9 cm³/mol. The van der Waals surface area contributed by atoms with Crippen LogP contribution in [0.25, 0.3) is 11.3 Å². The molecule has 6 nitrogen and oxygen atoms in total. The Morgan fingerprint density at radius 2 is 1.86 bits per heavy atom. The fourth-order valence-electron chi connectivity index (χ4n) is 2.66. The molecule has 1 aromatic heterocycles. The number of nitrogens with one attached hydrogen (secondary N) is 3. The lowest BCUT2D eigenvalue weighted by Crippen LogP contribution is -2.25. The van der Waals surface area contributed by atoms with Crippen molar-refractivity contribution in [3.05, 3.63) is 65.9 Å². The SMILES string of the molecule is CNc1ccccc1-c1cc(CNC(=O)c2ccccc2OC(F)(F)F)n[nH]1. The van der Waals surface area contributed by atoms with Gasteiger partial charge in [-0.1, -0.05) is 30.3 Å². The zero-order valence-corrected chi connectivity index (χ0v) is 14.8. The van der Waals surface area contributed by atoms with Gasteiger partial charge in [-0.05, 0) is 24.3 Å². The van der Waals surface area contributed by atoms with E-state index in [1.165, 1.54) is 18.2 Å². The average Bonchev–Trinajstić information content (AvgIpc) is 3.14. The van der Waals surface area contributed by atoms with E-state index < -0.39 is 18.0 Å². The van der Waals surface area contributed by atoms with Gasteiger partial charge in [-0.15, -0.1) is 13.2 Å². The van der Waals surface area contributed by atoms with Crippen molar-refractivity contribution in [3.8, 4) is 17.0 Å². The normalized spacial score (nSPS) is 11.1. The number of hydrogen-bond acceptors (Lipinski definition) is 4. The molecular formula is C19H17F3N4O2. The molecule has 0 atom stereocenters. The number of halogens is 3. The predicted octanol–water partition coefficient (Wildman–Crippen LogP) is 3.95. The van der Waals surface area contributed by atoms with Crippen LogP contribution in [0.4, 0.5) is 18.9 Å². The number of carbonyl (C=O) groups excluding carboxylic acids is 1. The monoisotopic (exact) mass is 390 g/mol. The second-order valence-corrected chi connectivity index (χ2v) is 5.80. The van der Waals surface area contributed by atoms with Gasteiger partial charge >= 0.3 is 6.36 Å². The van der Waals surface area contributed by atoms with E-state index >= 15 is 0 Å². The summed E-state index contributed by atoms with van der Waals surface area (Å²) in [5.74, 6) is -1.25. The zero-order chi connectivity index (χ0) is 20.1. The van der Waals surface area contributed by atoms with Crippen LogP contribution < -0.4 is 15.4 Å². The van der Waals surface area contributed by atoms with Gasteiger partial charge in [0.1, 0.15) is 5.75 Å². The topological polar surface area (TPSA) is 79.0 Å².